The summed E-state index contributed by atoms with van der Waals surface area (Å²) in [7, 11) is 1.79. The molecule has 6 atom stereocenters. The van der Waals surface area contributed by atoms with Crippen LogP contribution in [0.3, 0.4) is 0 Å². The molecule has 12 nitrogen and oxygen atoms in total. The fourth-order valence-electron chi connectivity index (χ4n) is 12.7. The molecule has 0 bridgehead atoms. The van der Waals surface area contributed by atoms with Crippen LogP contribution >= 0.6 is 0 Å². The number of hydrogen-bond donors (Lipinski definition) is 2. The van der Waals surface area contributed by atoms with E-state index in [1.807, 2.05) is 113 Å². The first-order valence-corrected chi connectivity index (χ1v) is 29.2. The maximum absolute atomic E-state index is 14.9. The van der Waals surface area contributed by atoms with Crippen LogP contribution in [0.5, 0.6) is 0 Å². The summed E-state index contributed by atoms with van der Waals surface area (Å²) in [6, 6.07) is 30.6. The molecular weight excluding hydrogens is 949 g/mol. The second kappa shape index (κ2) is 27.4. The third-order valence-electron chi connectivity index (χ3n) is 17.7. The molecule has 2 N–H and O–H groups in total. The summed E-state index contributed by atoms with van der Waals surface area (Å²) in [5.74, 6) is -0.408. The van der Waals surface area contributed by atoms with Crippen LogP contribution < -0.4 is 10.6 Å². The van der Waals surface area contributed by atoms with Crippen LogP contribution in [0, 0.1) is 23.7 Å². The quantitative estimate of drug-likeness (QED) is 0.0754. The molecule has 2 saturated carbocycles. The van der Waals surface area contributed by atoms with Crippen LogP contribution in [-0.4, -0.2) is 125 Å². The van der Waals surface area contributed by atoms with Gasteiger partial charge in [-0.15, -0.1) is 0 Å². The van der Waals surface area contributed by atoms with E-state index < -0.39 is 6.04 Å². The van der Waals surface area contributed by atoms with Gasteiger partial charge in [-0.1, -0.05) is 125 Å². The highest BCUT2D eigenvalue weighted by atomic mass is 16.2. The molecule has 4 aromatic carbocycles. The van der Waals surface area contributed by atoms with Gasteiger partial charge in [-0.05, 0) is 143 Å². The Balaban J connectivity index is 1.01. The second-order valence-electron chi connectivity index (χ2n) is 22.8. The van der Waals surface area contributed by atoms with Crippen LogP contribution in [0.25, 0.3) is 10.8 Å². The number of fused-ring (bicyclic) bond motifs is 1. The molecule has 2 saturated heterocycles. The first kappa shape index (κ1) is 56.3. The normalized spacial score (nSPS) is 19.9. The molecule has 12 heteroatoms. The molecule has 5 amide bonds. The van der Waals surface area contributed by atoms with E-state index in [2.05, 4.69) is 34.9 Å². The lowest BCUT2D eigenvalue weighted by Gasteiger charge is -2.37. The molecule has 4 aromatic rings. The minimum Gasteiger partial charge on any atom is -0.344 e. The highest BCUT2D eigenvalue weighted by Crippen LogP contribution is 2.36. The van der Waals surface area contributed by atoms with Crippen molar-refractivity contribution < 1.29 is 28.8 Å². The van der Waals surface area contributed by atoms with Crippen molar-refractivity contribution in [1.82, 2.24) is 30.2 Å². The lowest BCUT2D eigenvalue weighted by atomic mass is 9.76. The van der Waals surface area contributed by atoms with E-state index in [1.54, 1.807) is 7.05 Å². The Bertz CT molecular complexity index is 2400. The van der Waals surface area contributed by atoms with Gasteiger partial charge >= 0.3 is 0 Å². The monoisotopic (exact) mass is 1030 g/mol. The predicted molar refractivity (Wildman–Crippen MR) is 302 cm³/mol. The van der Waals surface area contributed by atoms with E-state index in [1.165, 1.54) is 6.42 Å². The minimum absolute atomic E-state index is 0.0169. The number of hydrogen-bond acceptors (Lipinski definition) is 7. The number of likely N-dealkylation sites (N-methyl/N-ethyl adjacent to an activating group) is 1. The Kier molecular flexibility index (Phi) is 20.3. The van der Waals surface area contributed by atoms with Gasteiger partial charge < -0.3 is 30.2 Å². The zero-order valence-corrected chi connectivity index (χ0v) is 46.1. The summed E-state index contributed by atoms with van der Waals surface area (Å²) in [4.78, 5) is 93.7. The molecular formula is C64H86N6O6. The van der Waals surface area contributed by atoms with Crippen molar-refractivity contribution in [2.75, 3.05) is 46.3 Å². The van der Waals surface area contributed by atoms with E-state index in [0.29, 0.717) is 69.7 Å². The second-order valence-corrected chi connectivity index (χ2v) is 22.8. The molecule has 0 unspecified atom stereocenters. The average Bonchev–Trinajstić information content (AvgIpc) is 4.15. The van der Waals surface area contributed by atoms with E-state index in [4.69, 9.17) is 0 Å². The van der Waals surface area contributed by atoms with Gasteiger partial charge in [0.1, 0.15) is 11.8 Å². The third-order valence-corrected chi connectivity index (χ3v) is 17.7. The van der Waals surface area contributed by atoms with Crippen molar-refractivity contribution in [2.45, 2.75) is 161 Å². The lowest BCUT2D eigenvalue weighted by molar-refractivity contribution is -0.141. The molecule has 2 aliphatic carbocycles. The molecule has 4 fully saturated rings. The predicted octanol–water partition coefficient (Wildman–Crippen LogP) is 10.1. The number of nitrogens with zero attached hydrogens (tertiary/aromatic N) is 4. The van der Waals surface area contributed by atoms with Gasteiger partial charge in [-0.25, -0.2) is 0 Å². The maximum atomic E-state index is 14.9. The van der Waals surface area contributed by atoms with Crippen molar-refractivity contribution in [3.63, 3.8) is 0 Å². The SMILES string of the molecule is CC[C@@H](C)C(=O)N[C@H](C(=O)N1CCC[C@H]1CN(CCc1ccccc1)C(=O)c1ccc2cc(C(=O)N(CCc3ccccc3)C[C@@H]3CCCN3C(=O)[C@@H](CC(=O)[C@H](C)NC)C3CCCCC3)ccc2c1)C1CCCCC1. The fraction of sp³-hybridized carbons (Fsp3) is 0.562. The summed E-state index contributed by atoms with van der Waals surface area (Å²) < 4.78 is 0. The Hall–Kier alpha value is -5.88. The van der Waals surface area contributed by atoms with Gasteiger partial charge in [0.25, 0.3) is 11.8 Å². The Morgan fingerprint density at radius 3 is 1.53 bits per heavy atom. The Morgan fingerprint density at radius 1 is 0.579 bits per heavy atom. The summed E-state index contributed by atoms with van der Waals surface area (Å²) in [5.41, 5.74) is 3.34. The number of ketones is 1. The summed E-state index contributed by atoms with van der Waals surface area (Å²) in [6.07, 6.45) is 15.9. The van der Waals surface area contributed by atoms with Gasteiger partial charge in [0.2, 0.25) is 17.7 Å². The molecule has 408 valence electrons. The smallest absolute Gasteiger partial charge is 0.253 e. The number of nitrogens with one attached hydrogen (secondary N) is 2. The number of amides is 5. The minimum atomic E-state index is -0.565. The van der Waals surface area contributed by atoms with Crippen LogP contribution in [0.2, 0.25) is 0 Å². The summed E-state index contributed by atoms with van der Waals surface area (Å²) >= 11 is 0. The molecule has 4 aliphatic rings. The first-order valence-electron chi connectivity index (χ1n) is 29.2. The Labute approximate surface area is 453 Å². The first-order chi connectivity index (χ1) is 36.9. The number of benzene rings is 4. The highest BCUT2D eigenvalue weighted by Gasteiger charge is 2.42. The van der Waals surface area contributed by atoms with Crippen LogP contribution in [0.4, 0.5) is 0 Å². The van der Waals surface area contributed by atoms with Gasteiger partial charge in [0.05, 0.1) is 6.04 Å². The third kappa shape index (κ3) is 14.4. The van der Waals surface area contributed by atoms with E-state index in [0.717, 1.165) is 105 Å². The summed E-state index contributed by atoms with van der Waals surface area (Å²) in [5, 5.41) is 7.98. The van der Waals surface area contributed by atoms with E-state index in [9.17, 15) is 28.8 Å². The molecule has 8 rings (SSSR count). The standard InChI is InChI=1S/C64H86N6O6/c1-5-45(2)60(72)66-59(50-26-16-9-17-27-50)64(76)70-37-19-29-56(70)44-68(39-35-48-22-12-7-13-23-48)62(74)54-33-31-51-40-53(32-30-52(51)41-54)61(73)67(38-34-47-20-10-6-11-21-47)43-55-28-18-36-69(55)63(75)57(42-58(71)46(3)65-4)49-24-14-8-15-25-49/h6-7,10-13,20-23,30-33,40-41,45-46,49-50,55-57,59,65H,5,8-9,14-19,24-29,34-39,42-44H2,1-4H3,(H,66,72)/t45-,46+,55+,56+,57+,59+/m1/s1. The summed E-state index contributed by atoms with van der Waals surface area (Å²) in [6.45, 7) is 8.76. The zero-order chi connectivity index (χ0) is 53.6. The van der Waals surface area contributed by atoms with E-state index >= 15 is 0 Å². The molecule has 0 spiro atoms. The van der Waals surface area contributed by atoms with Crippen molar-refractivity contribution in [3.05, 3.63) is 119 Å². The van der Waals surface area contributed by atoms with Crippen LogP contribution in [0.15, 0.2) is 97.1 Å². The van der Waals surface area contributed by atoms with Gasteiger partial charge in [0.15, 0.2) is 0 Å². The average molecular weight is 1040 g/mol. The number of carbonyl (C=O) groups is 6. The number of likely N-dealkylation sites (tertiary alicyclic amines) is 2. The van der Waals surface area contributed by atoms with Gasteiger partial charge in [-0.3, -0.25) is 28.8 Å². The van der Waals surface area contributed by atoms with Gasteiger partial charge in [-0.2, -0.15) is 0 Å². The van der Waals surface area contributed by atoms with E-state index in [-0.39, 0.29) is 83.5 Å². The van der Waals surface area contributed by atoms with Crippen LogP contribution in [-0.2, 0) is 32.0 Å². The maximum Gasteiger partial charge on any atom is 0.253 e. The molecule has 0 radical (unpaired) electrons. The molecule has 0 aromatic heterocycles. The number of carbonyl (C=O) groups excluding carboxylic acids is 6. The number of Topliss-reactive ketones (excluding diaryl/α,β-unsaturated/α-hetero) is 1. The fourth-order valence-corrected chi connectivity index (χ4v) is 12.7. The molecule has 2 aliphatic heterocycles. The van der Waals surface area contributed by atoms with Gasteiger partial charge in [0, 0.05) is 80.7 Å². The largest absolute Gasteiger partial charge is 0.344 e. The van der Waals surface area contributed by atoms with Crippen molar-refractivity contribution in [3.8, 4) is 0 Å². The lowest BCUT2D eigenvalue weighted by Crippen LogP contribution is -2.56. The highest BCUT2D eigenvalue weighted by molar-refractivity contribution is 6.02. The number of rotatable bonds is 23. The van der Waals surface area contributed by atoms with Crippen molar-refractivity contribution >= 4 is 46.1 Å². The molecule has 2 heterocycles. The topological polar surface area (TPSA) is 139 Å². The zero-order valence-electron chi connectivity index (χ0n) is 46.1. The van der Waals surface area contributed by atoms with Crippen molar-refractivity contribution in [2.24, 2.45) is 23.7 Å². The van der Waals surface area contributed by atoms with Crippen LogP contribution in [0.1, 0.15) is 155 Å². The van der Waals surface area contributed by atoms with Crippen molar-refractivity contribution in [1.29, 1.82) is 0 Å². The molecule has 76 heavy (non-hydrogen) atoms. The Morgan fingerprint density at radius 2 is 1.05 bits per heavy atom.